The number of nitrogens with zero attached hydrogens (tertiary/aromatic N) is 3. The molecule has 0 radical (unpaired) electrons. The fraction of sp³-hybridized carbons (Fsp3) is 0.520. The zero-order valence-electron chi connectivity index (χ0n) is 17.5. The molecule has 6 rings (SSSR count). The van der Waals surface area contributed by atoms with Crippen molar-refractivity contribution in [2.24, 2.45) is 5.18 Å². The fourth-order valence-electron chi connectivity index (χ4n) is 6.41. The third-order valence-electron chi connectivity index (χ3n) is 7.62. The molecule has 0 saturated heterocycles. The average Bonchev–Trinajstić information content (AvgIpc) is 2.78. The molecule has 4 aliphatic rings. The molecule has 4 heterocycles. The lowest BCUT2D eigenvalue weighted by molar-refractivity contribution is 0.456. The monoisotopic (exact) mass is 403 g/mol. The van der Waals surface area contributed by atoms with Crippen molar-refractivity contribution in [3.63, 3.8) is 0 Å². The van der Waals surface area contributed by atoms with Gasteiger partial charge in [0.1, 0.15) is 11.4 Å². The van der Waals surface area contributed by atoms with Crippen molar-refractivity contribution in [2.45, 2.75) is 57.8 Å². The van der Waals surface area contributed by atoms with E-state index in [0.29, 0.717) is 17.9 Å². The van der Waals surface area contributed by atoms with Gasteiger partial charge in [-0.25, -0.2) is 0 Å². The van der Waals surface area contributed by atoms with E-state index in [-0.39, 0.29) is 0 Å². The molecule has 30 heavy (non-hydrogen) atoms. The Bertz CT molecular complexity index is 1040. The molecule has 5 heteroatoms. The average molecular weight is 404 g/mol. The zero-order chi connectivity index (χ0) is 20.2. The Labute approximate surface area is 177 Å². The van der Waals surface area contributed by atoms with E-state index in [1.165, 1.54) is 35.3 Å². The van der Waals surface area contributed by atoms with Crippen LogP contribution in [0.5, 0.6) is 5.75 Å². The van der Waals surface area contributed by atoms with Crippen LogP contribution >= 0.6 is 0 Å². The summed E-state index contributed by atoms with van der Waals surface area (Å²) in [5.41, 5.74) is 10.2. The number of rotatable bonds is 3. The lowest BCUT2D eigenvalue weighted by atomic mass is 9.84. The molecule has 0 unspecified atom stereocenters. The molecule has 0 fully saturated rings. The second kappa shape index (κ2) is 7.00. The van der Waals surface area contributed by atoms with E-state index in [4.69, 9.17) is 0 Å². The summed E-state index contributed by atoms with van der Waals surface area (Å²) in [5, 5.41) is 14.7. The summed E-state index contributed by atoms with van der Waals surface area (Å²) >= 11 is 0. The van der Waals surface area contributed by atoms with Crippen LogP contribution in [0.25, 0.3) is 0 Å². The maximum atomic E-state index is 12.0. The standard InChI is InChI=1S/C25H29N3O2/c29-25-19(14-17-6-2-10-28-12-4-8-21(25)24(17)28)15-18-13-16-5-1-9-27-11-3-7-20(23(16)27)22(18)26-30/h13-14,29H,1-12,15H2. The summed E-state index contributed by atoms with van der Waals surface area (Å²) in [4.78, 5) is 16.9. The predicted octanol–water partition coefficient (Wildman–Crippen LogP) is 4.78. The Morgan fingerprint density at radius 3 is 1.93 bits per heavy atom. The highest BCUT2D eigenvalue weighted by atomic mass is 16.3. The number of hydrogen-bond acceptors (Lipinski definition) is 5. The molecular weight excluding hydrogens is 374 g/mol. The molecule has 1 N–H and O–H groups in total. The van der Waals surface area contributed by atoms with Crippen molar-refractivity contribution in [3.05, 3.63) is 50.4 Å². The Hall–Kier alpha value is -2.56. The van der Waals surface area contributed by atoms with Gasteiger partial charge in [0.25, 0.3) is 0 Å². The Kier molecular flexibility index (Phi) is 4.25. The number of aryl methyl sites for hydroxylation is 2. The molecule has 2 aromatic carbocycles. The van der Waals surface area contributed by atoms with Crippen LogP contribution in [0.4, 0.5) is 17.1 Å². The summed E-state index contributed by atoms with van der Waals surface area (Å²) in [7, 11) is 0. The van der Waals surface area contributed by atoms with Gasteiger partial charge in [-0.15, -0.1) is 4.91 Å². The lowest BCUT2D eigenvalue weighted by Gasteiger charge is -2.38. The second-order valence-electron chi connectivity index (χ2n) is 9.40. The molecule has 0 bridgehead atoms. The van der Waals surface area contributed by atoms with Gasteiger partial charge in [0.15, 0.2) is 0 Å². The van der Waals surface area contributed by atoms with Crippen molar-refractivity contribution >= 4 is 17.1 Å². The highest BCUT2D eigenvalue weighted by Crippen LogP contribution is 2.46. The van der Waals surface area contributed by atoms with Gasteiger partial charge in [0.2, 0.25) is 0 Å². The summed E-state index contributed by atoms with van der Waals surface area (Å²) in [5.74, 6) is 0.449. The molecule has 0 aromatic heterocycles. The number of hydrogen-bond donors (Lipinski definition) is 1. The number of phenolic OH excluding ortho intramolecular Hbond substituents is 1. The van der Waals surface area contributed by atoms with Crippen LogP contribution in [0.2, 0.25) is 0 Å². The molecule has 2 aromatic rings. The number of phenols is 1. The van der Waals surface area contributed by atoms with Gasteiger partial charge in [-0.2, -0.15) is 0 Å². The van der Waals surface area contributed by atoms with Crippen LogP contribution in [0.3, 0.4) is 0 Å². The smallest absolute Gasteiger partial charge is 0.124 e. The predicted molar refractivity (Wildman–Crippen MR) is 121 cm³/mol. The normalized spacial score (nSPS) is 19.3. The number of anilines is 2. The van der Waals surface area contributed by atoms with Gasteiger partial charge < -0.3 is 14.9 Å². The van der Waals surface area contributed by atoms with Crippen LogP contribution in [-0.2, 0) is 32.1 Å². The fourth-order valence-corrected chi connectivity index (χ4v) is 6.41. The first-order valence-electron chi connectivity index (χ1n) is 11.6. The van der Waals surface area contributed by atoms with E-state index in [1.54, 1.807) is 0 Å². The Balaban J connectivity index is 1.47. The van der Waals surface area contributed by atoms with Crippen LogP contribution in [-0.4, -0.2) is 31.3 Å². The molecule has 0 spiro atoms. The minimum atomic E-state index is 0.449. The molecule has 156 valence electrons. The number of nitroso groups, excluding NO2 is 1. The molecule has 0 amide bonds. The summed E-state index contributed by atoms with van der Waals surface area (Å²) in [6, 6.07) is 4.42. The SMILES string of the molecule is O=Nc1c(Cc2cc3c4c(c2O)CCCN4CCC3)cc2c3c1CCCN3CCC2. The third kappa shape index (κ3) is 2.67. The summed E-state index contributed by atoms with van der Waals surface area (Å²) in [6.07, 6.45) is 9.16. The van der Waals surface area contributed by atoms with E-state index in [9.17, 15) is 10.0 Å². The maximum absolute atomic E-state index is 12.0. The van der Waals surface area contributed by atoms with Gasteiger partial charge in [0, 0.05) is 55.1 Å². The van der Waals surface area contributed by atoms with Gasteiger partial charge in [-0.05, 0) is 84.9 Å². The van der Waals surface area contributed by atoms with Crippen molar-refractivity contribution < 1.29 is 5.11 Å². The Morgan fingerprint density at radius 1 is 0.767 bits per heavy atom. The van der Waals surface area contributed by atoms with E-state index < -0.39 is 0 Å². The second-order valence-corrected chi connectivity index (χ2v) is 9.40. The van der Waals surface area contributed by atoms with Crippen LogP contribution in [0, 0.1) is 4.91 Å². The van der Waals surface area contributed by atoms with Crippen molar-refractivity contribution in [1.29, 1.82) is 0 Å². The first-order chi connectivity index (χ1) is 14.7. The van der Waals surface area contributed by atoms with E-state index in [2.05, 4.69) is 27.1 Å². The van der Waals surface area contributed by atoms with Gasteiger partial charge in [0.05, 0.1) is 0 Å². The quantitative estimate of drug-likeness (QED) is 0.750. The third-order valence-corrected chi connectivity index (χ3v) is 7.62. The van der Waals surface area contributed by atoms with Gasteiger partial charge >= 0.3 is 0 Å². The Morgan fingerprint density at radius 2 is 1.30 bits per heavy atom. The maximum Gasteiger partial charge on any atom is 0.124 e. The minimum absolute atomic E-state index is 0.449. The van der Waals surface area contributed by atoms with Crippen molar-refractivity contribution in [1.82, 2.24) is 0 Å². The molecule has 0 atom stereocenters. The summed E-state index contributed by atoms with van der Waals surface area (Å²) < 4.78 is 0. The molecular formula is C25H29N3O2. The first-order valence-corrected chi connectivity index (χ1v) is 11.6. The minimum Gasteiger partial charge on any atom is -0.507 e. The number of benzene rings is 2. The van der Waals surface area contributed by atoms with Crippen LogP contribution in [0.1, 0.15) is 59.1 Å². The first kappa shape index (κ1) is 18.2. The van der Waals surface area contributed by atoms with Crippen LogP contribution in [0.15, 0.2) is 17.3 Å². The largest absolute Gasteiger partial charge is 0.507 e. The highest BCUT2D eigenvalue weighted by Gasteiger charge is 2.30. The number of aromatic hydroxyl groups is 1. The summed E-state index contributed by atoms with van der Waals surface area (Å²) in [6.45, 7) is 4.37. The van der Waals surface area contributed by atoms with Crippen molar-refractivity contribution in [2.75, 3.05) is 36.0 Å². The lowest BCUT2D eigenvalue weighted by Crippen LogP contribution is -2.35. The van der Waals surface area contributed by atoms with Gasteiger partial charge in [-0.1, -0.05) is 6.07 Å². The van der Waals surface area contributed by atoms with E-state index in [0.717, 1.165) is 87.0 Å². The molecule has 0 saturated carbocycles. The topological polar surface area (TPSA) is 56.1 Å². The van der Waals surface area contributed by atoms with E-state index in [1.807, 2.05) is 0 Å². The van der Waals surface area contributed by atoms with Crippen LogP contribution < -0.4 is 9.80 Å². The molecule has 5 nitrogen and oxygen atoms in total. The molecule has 0 aliphatic carbocycles. The highest BCUT2D eigenvalue weighted by molar-refractivity contribution is 5.75. The zero-order valence-corrected chi connectivity index (χ0v) is 17.5. The van der Waals surface area contributed by atoms with Gasteiger partial charge in [-0.3, -0.25) is 0 Å². The van der Waals surface area contributed by atoms with E-state index >= 15 is 0 Å². The van der Waals surface area contributed by atoms with Crippen molar-refractivity contribution in [3.8, 4) is 5.75 Å². The molecule has 4 aliphatic heterocycles.